The lowest BCUT2D eigenvalue weighted by Gasteiger charge is -2.51. The Morgan fingerprint density at radius 2 is 2.00 bits per heavy atom. The highest BCUT2D eigenvalue weighted by molar-refractivity contribution is 9.10. The fourth-order valence-electron chi connectivity index (χ4n) is 2.75. The molecule has 0 aromatic heterocycles. The van der Waals surface area contributed by atoms with Gasteiger partial charge in [0, 0.05) is 36.2 Å². The first-order valence-electron chi connectivity index (χ1n) is 6.21. The van der Waals surface area contributed by atoms with E-state index in [1.807, 2.05) is 6.07 Å². The zero-order chi connectivity index (χ0) is 12.6. The number of nitrogens with one attached hydrogen (secondary N) is 1. The van der Waals surface area contributed by atoms with Crippen molar-refractivity contribution < 1.29 is 9.13 Å². The molecule has 3 nitrogen and oxygen atoms in total. The summed E-state index contributed by atoms with van der Waals surface area (Å²) in [5.41, 5.74) is 0.487. The van der Waals surface area contributed by atoms with Gasteiger partial charge in [-0.1, -0.05) is 15.9 Å². The molecule has 0 amide bonds. The van der Waals surface area contributed by atoms with Gasteiger partial charge in [0.15, 0.2) is 0 Å². The topological polar surface area (TPSA) is 24.5 Å². The van der Waals surface area contributed by atoms with Gasteiger partial charge in [-0.15, -0.1) is 0 Å². The lowest BCUT2D eigenvalue weighted by atomic mass is 9.85. The molecule has 2 aliphatic heterocycles. The van der Waals surface area contributed by atoms with Crippen molar-refractivity contribution in [2.45, 2.75) is 5.54 Å². The molecule has 3 rings (SSSR count). The summed E-state index contributed by atoms with van der Waals surface area (Å²) in [6.07, 6.45) is 0. The molecule has 0 saturated carbocycles. The SMILES string of the molecule is Fc1ccc(Br)cc1C1(N2CCNCC2)COC1. The minimum Gasteiger partial charge on any atom is -0.377 e. The normalized spacial score (nSPS) is 23.7. The summed E-state index contributed by atoms with van der Waals surface area (Å²) in [6.45, 7) is 4.96. The number of hydrogen-bond acceptors (Lipinski definition) is 3. The monoisotopic (exact) mass is 314 g/mol. The summed E-state index contributed by atoms with van der Waals surface area (Å²) in [4.78, 5) is 2.35. The van der Waals surface area contributed by atoms with Crippen molar-refractivity contribution in [3.63, 3.8) is 0 Å². The third-order valence-corrected chi connectivity index (χ3v) is 4.33. The highest BCUT2D eigenvalue weighted by atomic mass is 79.9. The van der Waals surface area contributed by atoms with Crippen molar-refractivity contribution in [3.8, 4) is 0 Å². The second-order valence-electron chi connectivity index (χ2n) is 4.89. The Balaban J connectivity index is 1.97. The molecule has 0 aliphatic carbocycles. The maximum absolute atomic E-state index is 14.1. The van der Waals surface area contributed by atoms with Crippen LogP contribution < -0.4 is 5.32 Å². The van der Waals surface area contributed by atoms with E-state index in [-0.39, 0.29) is 11.4 Å². The van der Waals surface area contributed by atoms with Crippen LogP contribution in [0.1, 0.15) is 5.56 Å². The van der Waals surface area contributed by atoms with Crippen LogP contribution in [0.2, 0.25) is 0 Å². The van der Waals surface area contributed by atoms with Crippen LogP contribution in [0.25, 0.3) is 0 Å². The average molecular weight is 315 g/mol. The summed E-state index contributed by atoms with van der Waals surface area (Å²) >= 11 is 3.43. The minimum absolute atomic E-state index is 0.139. The Hall–Kier alpha value is -0.490. The molecular formula is C13H16BrFN2O. The van der Waals surface area contributed by atoms with Crippen LogP contribution in [0.15, 0.2) is 22.7 Å². The predicted octanol–water partition coefficient (Wildman–Crippen LogP) is 1.72. The van der Waals surface area contributed by atoms with Crippen molar-refractivity contribution in [2.24, 2.45) is 0 Å². The summed E-state index contributed by atoms with van der Waals surface area (Å²) in [6, 6.07) is 5.16. The van der Waals surface area contributed by atoms with Gasteiger partial charge in [0.1, 0.15) is 5.82 Å². The fraction of sp³-hybridized carbons (Fsp3) is 0.538. The number of nitrogens with zero attached hydrogens (tertiary/aromatic N) is 1. The van der Waals surface area contributed by atoms with E-state index >= 15 is 0 Å². The van der Waals surface area contributed by atoms with E-state index in [1.165, 1.54) is 6.07 Å². The number of piperazine rings is 1. The van der Waals surface area contributed by atoms with Crippen LogP contribution in [0, 0.1) is 5.82 Å². The van der Waals surface area contributed by atoms with Crippen molar-refractivity contribution in [1.29, 1.82) is 0 Å². The average Bonchev–Trinajstić information content (AvgIpc) is 2.34. The third-order valence-electron chi connectivity index (χ3n) is 3.83. The second-order valence-corrected chi connectivity index (χ2v) is 5.80. The van der Waals surface area contributed by atoms with E-state index in [0.717, 1.165) is 36.2 Å². The van der Waals surface area contributed by atoms with Crippen molar-refractivity contribution in [3.05, 3.63) is 34.1 Å². The van der Waals surface area contributed by atoms with Gasteiger partial charge in [-0.2, -0.15) is 0 Å². The number of rotatable bonds is 2. The molecule has 18 heavy (non-hydrogen) atoms. The maximum atomic E-state index is 14.1. The van der Waals surface area contributed by atoms with Gasteiger partial charge in [0.05, 0.1) is 18.8 Å². The van der Waals surface area contributed by atoms with Crippen LogP contribution in [0.5, 0.6) is 0 Å². The Kier molecular flexibility index (Phi) is 3.40. The minimum atomic E-state index is -0.268. The number of halogens is 2. The Morgan fingerprint density at radius 1 is 1.28 bits per heavy atom. The summed E-state index contributed by atoms with van der Waals surface area (Å²) in [5, 5.41) is 3.33. The molecule has 2 aliphatic rings. The zero-order valence-corrected chi connectivity index (χ0v) is 11.7. The summed E-state index contributed by atoms with van der Waals surface area (Å²) in [7, 11) is 0. The lowest BCUT2D eigenvalue weighted by Crippen LogP contribution is -2.63. The van der Waals surface area contributed by atoms with Crippen molar-refractivity contribution in [2.75, 3.05) is 39.4 Å². The van der Waals surface area contributed by atoms with Gasteiger partial charge in [0.2, 0.25) is 0 Å². The molecule has 0 spiro atoms. The molecule has 0 atom stereocenters. The Morgan fingerprint density at radius 3 is 2.61 bits per heavy atom. The van der Waals surface area contributed by atoms with Crippen molar-refractivity contribution in [1.82, 2.24) is 10.2 Å². The molecule has 1 aromatic carbocycles. The highest BCUT2D eigenvalue weighted by Gasteiger charge is 2.47. The van der Waals surface area contributed by atoms with Gasteiger partial charge in [0.25, 0.3) is 0 Å². The van der Waals surface area contributed by atoms with Crippen LogP contribution in [-0.4, -0.2) is 44.3 Å². The van der Waals surface area contributed by atoms with Crippen LogP contribution in [0.4, 0.5) is 4.39 Å². The van der Waals surface area contributed by atoms with E-state index in [1.54, 1.807) is 6.07 Å². The van der Waals surface area contributed by atoms with Gasteiger partial charge >= 0.3 is 0 Å². The molecule has 0 radical (unpaired) electrons. The predicted molar refractivity (Wildman–Crippen MR) is 71.0 cm³/mol. The number of ether oxygens (including phenoxy) is 1. The molecule has 0 bridgehead atoms. The number of hydrogen-bond donors (Lipinski definition) is 1. The van der Waals surface area contributed by atoms with E-state index < -0.39 is 0 Å². The molecule has 2 saturated heterocycles. The standard InChI is InChI=1S/C13H16BrFN2O/c14-10-1-2-12(15)11(7-10)13(8-18-9-13)17-5-3-16-4-6-17/h1-2,7,16H,3-6,8-9H2. The van der Waals surface area contributed by atoms with Crippen LogP contribution in [0.3, 0.4) is 0 Å². The molecule has 5 heteroatoms. The van der Waals surface area contributed by atoms with Gasteiger partial charge in [-0.05, 0) is 18.2 Å². The van der Waals surface area contributed by atoms with E-state index in [4.69, 9.17) is 4.74 Å². The first-order valence-corrected chi connectivity index (χ1v) is 7.01. The molecule has 1 aromatic rings. The van der Waals surface area contributed by atoms with Crippen LogP contribution in [-0.2, 0) is 10.3 Å². The quantitative estimate of drug-likeness (QED) is 0.899. The largest absolute Gasteiger partial charge is 0.377 e. The Bertz CT molecular complexity index is 445. The first-order chi connectivity index (χ1) is 8.72. The number of benzene rings is 1. The first kappa shape index (κ1) is 12.5. The Labute approximate surface area is 114 Å². The molecular weight excluding hydrogens is 299 g/mol. The highest BCUT2D eigenvalue weighted by Crippen LogP contribution is 2.38. The summed E-state index contributed by atoms with van der Waals surface area (Å²) in [5.74, 6) is -0.139. The van der Waals surface area contributed by atoms with E-state index in [9.17, 15) is 4.39 Å². The van der Waals surface area contributed by atoms with Gasteiger partial charge in [-0.3, -0.25) is 4.90 Å². The smallest absolute Gasteiger partial charge is 0.128 e. The third kappa shape index (κ3) is 1.99. The molecule has 98 valence electrons. The second kappa shape index (κ2) is 4.89. The van der Waals surface area contributed by atoms with Crippen LogP contribution >= 0.6 is 15.9 Å². The van der Waals surface area contributed by atoms with Crippen molar-refractivity contribution >= 4 is 15.9 Å². The molecule has 0 unspecified atom stereocenters. The lowest BCUT2D eigenvalue weighted by molar-refractivity contribution is -0.151. The van der Waals surface area contributed by atoms with E-state index in [2.05, 4.69) is 26.1 Å². The molecule has 2 heterocycles. The van der Waals surface area contributed by atoms with Gasteiger partial charge in [-0.25, -0.2) is 4.39 Å². The maximum Gasteiger partial charge on any atom is 0.128 e. The zero-order valence-electron chi connectivity index (χ0n) is 10.1. The fourth-order valence-corrected chi connectivity index (χ4v) is 3.11. The van der Waals surface area contributed by atoms with E-state index in [0.29, 0.717) is 13.2 Å². The molecule has 1 N–H and O–H groups in total. The molecule has 2 fully saturated rings. The summed E-state index contributed by atoms with van der Waals surface area (Å²) < 4.78 is 20.4. The van der Waals surface area contributed by atoms with Gasteiger partial charge < -0.3 is 10.1 Å².